The van der Waals surface area contributed by atoms with E-state index >= 15 is 0 Å². The van der Waals surface area contributed by atoms with Crippen molar-refractivity contribution in [3.05, 3.63) is 105 Å². The van der Waals surface area contributed by atoms with Crippen LogP contribution < -0.4 is 20.7 Å². The third-order valence-electron chi connectivity index (χ3n) is 9.69. The van der Waals surface area contributed by atoms with Gasteiger partial charge in [0.15, 0.2) is 23.6 Å². The van der Waals surface area contributed by atoms with Gasteiger partial charge in [-0.3, -0.25) is 28.8 Å². The Morgan fingerprint density at radius 1 is 0.806 bits per heavy atom. The van der Waals surface area contributed by atoms with Crippen LogP contribution in [-0.4, -0.2) is 103 Å². The van der Waals surface area contributed by atoms with E-state index in [4.69, 9.17) is 56.4 Å². The maximum atomic E-state index is 14.1. The zero-order valence-corrected chi connectivity index (χ0v) is 39.6. The summed E-state index contributed by atoms with van der Waals surface area (Å²) in [6, 6.07) is 16.8. The van der Waals surface area contributed by atoms with Gasteiger partial charge >= 0.3 is 35.9 Å². The van der Waals surface area contributed by atoms with Gasteiger partial charge in [-0.1, -0.05) is 77.8 Å². The Balaban J connectivity index is 1.78. The van der Waals surface area contributed by atoms with Gasteiger partial charge in [-0.2, -0.15) is 0 Å². The van der Waals surface area contributed by atoms with E-state index in [1.54, 1.807) is 57.2 Å². The van der Waals surface area contributed by atoms with Gasteiger partial charge in [-0.15, -0.1) is 0 Å². The molecule has 18 nitrogen and oxygen atoms in total. The molecule has 1 heterocycles. The molecule has 0 saturated carbocycles. The lowest BCUT2D eigenvalue weighted by Gasteiger charge is -2.49. The van der Waals surface area contributed by atoms with E-state index in [-0.39, 0.29) is 33.7 Å². The fourth-order valence-electron chi connectivity index (χ4n) is 7.06. The number of halogens is 2. The normalized spacial score (nSPS) is 18.9. The fourth-order valence-corrected chi connectivity index (χ4v) is 7.62. The number of ether oxygens (including phenoxy) is 7. The summed E-state index contributed by atoms with van der Waals surface area (Å²) in [7, 11) is 1.09. The van der Waals surface area contributed by atoms with Gasteiger partial charge in [0.25, 0.3) is 11.8 Å². The first-order chi connectivity index (χ1) is 31.5. The molecule has 3 amide bonds. The summed E-state index contributed by atoms with van der Waals surface area (Å²) < 4.78 is 39.7. The molecule has 6 atom stereocenters. The van der Waals surface area contributed by atoms with Crippen molar-refractivity contribution in [2.45, 2.75) is 110 Å². The van der Waals surface area contributed by atoms with E-state index in [9.17, 15) is 38.4 Å². The topological polar surface area (TPSA) is 237 Å². The van der Waals surface area contributed by atoms with E-state index in [0.717, 1.165) is 52.5 Å². The molecule has 1 saturated heterocycles. The molecule has 3 aromatic carbocycles. The molecule has 3 aromatic rings. The van der Waals surface area contributed by atoms with Crippen molar-refractivity contribution in [3.8, 4) is 5.75 Å². The molecule has 1 aliphatic rings. The minimum absolute atomic E-state index is 0.125. The van der Waals surface area contributed by atoms with Gasteiger partial charge in [0.05, 0.1) is 29.7 Å². The molecule has 20 heteroatoms. The first kappa shape index (κ1) is 53.1. The first-order valence-electron chi connectivity index (χ1n) is 20.8. The number of rotatable bonds is 17. The Hall–Kier alpha value is -6.50. The summed E-state index contributed by atoms with van der Waals surface area (Å²) in [4.78, 5) is 104. The monoisotopic (exact) mass is 969 g/mol. The molecule has 3 N–H and O–H groups in total. The van der Waals surface area contributed by atoms with Gasteiger partial charge in [-0.05, 0) is 56.2 Å². The Morgan fingerprint density at radius 2 is 1.45 bits per heavy atom. The number of carbonyl (C=O) groups excluding carboxylic acids is 8. The van der Waals surface area contributed by atoms with Crippen LogP contribution in [-0.2, 0) is 58.9 Å². The SMILES string of the molecule is COC(=O)[C@@]1(C/C=C/c2cccc(C(=O)NCc3ccccc3)c2)C[C@H](OC(C)=O)[C@@H](NC(=O)OC(C)(C)C)[C@H]([C@H](OC(C)=O)[C@@H](CNC(=O)c2cc(Cl)c(OC(C)=O)c(Cl)c2)OC(C)=O)O1. The number of esters is 5. The maximum absolute atomic E-state index is 14.1. The van der Waals surface area contributed by atoms with E-state index in [0.29, 0.717) is 17.7 Å². The molecule has 0 bridgehead atoms. The zero-order valence-electron chi connectivity index (χ0n) is 38.1. The largest absolute Gasteiger partial charge is 0.467 e. The van der Waals surface area contributed by atoms with Crippen LogP contribution in [0.5, 0.6) is 5.75 Å². The highest BCUT2D eigenvalue weighted by atomic mass is 35.5. The molecule has 360 valence electrons. The summed E-state index contributed by atoms with van der Waals surface area (Å²) in [6.45, 7) is 8.75. The van der Waals surface area contributed by atoms with Crippen LogP contribution in [0.25, 0.3) is 6.08 Å². The van der Waals surface area contributed by atoms with E-state index in [2.05, 4.69) is 16.0 Å². The van der Waals surface area contributed by atoms with Crippen LogP contribution in [0.15, 0.2) is 72.8 Å². The summed E-state index contributed by atoms with van der Waals surface area (Å²) in [5.74, 6) is -5.79. The van der Waals surface area contributed by atoms with Gasteiger partial charge in [-0.25, -0.2) is 9.59 Å². The van der Waals surface area contributed by atoms with Crippen LogP contribution in [0, 0.1) is 0 Å². The molecule has 0 radical (unpaired) electrons. The van der Waals surface area contributed by atoms with Gasteiger partial charge in [0, 0.05) is 58.2 Å². The molecular formula is C47H53Cl2N3O15. The van der Waals surface area contributed by atoms with Crippen LogP contribution in [0.4, 0.5) is 4.79 Å². The first-order valence-corrected chi connectivity index (χ1v) is 21.6. The third-order valence-corrected chi connectivity index (χ3v) is 10.2. The Labute approximate surface area is 397 Å². The summed E-state index contributed by atoms with van der Waals surface area (Å²) in [5, 5.41) is 7.69. The highest BCUT2D eigenvalue weighted by Crippen LogP contribution is 2.39. The van der Waals surface area contributed by atoms with Crippen LogP contribution in [0.2, 0.25) is 10.0 Å². The highest BCUT2D eigenvalue weighted by Gasteiger charge is 2.58. The molecule has 0 aliphatic carbocycles. The molecule has 0 unspecified atom stereocenters. The van der Waals surface area contributed by atoms with E-state index < -0.39 is 96.5 Å². The average molecular weight is 971 g/mol. The van der Waals surface area contributed by atoms with Gasteiger partial charge in [0.2, 0.25) is 0 Å². The lowest BCUT2D eigenvalue weighted by molar-refractivity contribution is -0.238. The molecule has 0 aromatic heterocycles. The predicted octanol–water partition coefficient (Wildman–Crippen LogP) is 6.07. The number of methoxy groups -OCH3 is 1. The smallest absolute Gasteiger partial charge is 0.408 e. The Bertz CT molecular complexity index is 2330. The van der Waals surface area contributed by atoms with Crippen molar-refractivity contribution >= 4 is 77.0 Å². The van der Waals surface area contributed by atoms with Crippen LogP contribution in [0.1, 0.15) is 93.2 Å². The number of amides is 3. The zero-order chi connectivity index (χ0) is 49.6. The standard InChI is InChI=1S/C47H53Cl2N3O15/c1-26(53)62-36-23-47(44(59)61-8,19-13-17-30-16-12-18-32(20-30)42(57)50-24-31-14-10-9-11-15-31)66-41(38(36)52-45(60)67-46(5,6)7)40(65-29(4)56)37(63-27(2)54)25-51-43(58)33-21-34(48)39(35(49)22-33)64-28(3)55/h9-18,20-22,36-38,40-41H,19,23-25H2,1-8H3,(H,50,57)(H,51,58)(H,52,60)/b17-13+/t36-,37+,38+,40+,41+,47+/m0/s1. The van der Waals surface area contributed by atoms with E-state index in [1.165, 1.54) is 0 Å². The lowest BCUT2D eigenvalue weighted by Crippen LogP contribution is -2.69. The molecule has 4 rings (SSSR count). The predicted molar refractivity (Wildman–Crippen MR) is 242 cm³/mol. The summed E-state index contributed by atoms with van der Waals surface area (Å²) >= 11 is 12.5. The van der Waals surface area contributed by atoms with Crippen molar-refractivity contribution in [3.63, 3.8) is 0 Å². The molecule has 1 fully saturated rings. The average Bonchev–Trinajstić information content (AvgIpc) is 3.24. The van der Waals surface area contributed by atoms with Crippen molar-refractivity contribution in [2.24, 2.45) is 0 Å². The molecular weight excluding hydrogens is 917 g/mol. The summed E-state index contributed by atoms with van der Waals surface area (Å²) in [6.07, 6.45) is -5.26. The molecule has 0 spiro atoms. The number of hydrogen-bond donors (Lipinski definition) is 3. The maximum Gasteiger partial charge on any atom is 0.408 e. The number of benzene rings is 3. The second kappa shape index (κ2) is 23.8. The van der Waals surface area contributed by atoms with Crippen molar-refractivity contribution in [1.29, 1.82) is 0 Å². The quantitative estimate of drug-likeness (QED) is 0.0791. The number of hydrogen-bond acceptors (Lipinski definition) is 15. The minimum Gasteiger partial charge on any atom is -0.467 e. The second-order valence-electron chi connectivity index (χ2n) is 16.3. The van der Waals surface area contributed by atoms with Crippen molar-refractivity contribution in [1.82, 2.24) is 16.0 Å². The van der Waals surface area contributed by atoms with Gasteiger partial charge in [0.1, 0.15) is 17.8 Å². The van der Waals surface area contributed by atoms with Crippen molar-refractivity contribution in [2.75, 3.05) is 13.7 Å². The molecule has 67 heavy (non-hydrogen) atoms. The fraction of sp³-hybridized carbons (Fsp3) is 0.404. The Morgan fingerprint density at radius 3 is 2.03 bits per heavy atom. The third kappa shape index (κ3) is 15.8. The van der Waals surface area contributed by atoms with Crippen molar-refractivity contribution < 1.29 is 71.5 Å². The lowest BCUT2D eigenvalue weighted by atomic mass is 9.81. The number of nitrogens with one attached hydrogen (secondary N) is 3. The molecule has 1 aliphatic heterocycles. The van der Waals surface area contributed by atoms with E-state index in [1.807, 2.05) is 30.3 Å². The van der Waals surface area contributed by atoms with Crippen LogP contribution >= 0.6 is 23.2 Å². The minimum atomic E-state index is -2.08. The second-order valence-corrected chi connectivity index (χ2v) is 17.1. The highest BCUT2D eigenvalue weighted by molar-refractivity contribution is 6.38. The summed E-state index contributed by atoms with van der Waals surface area (Å²) in [5.41, 5.74) is -1.45. The Kier molecular flexibility index (Phi) is 18.9. The number of alkyl carbamates (subject to hydrolysis) is 1. The number of carbonyl (C=O) groups is 8. The van der Waals surface area contributed by atoms with Gasteiger partial charge < -0.3 is 49.1 Å². The van der Waals surface area contributed by atoms with Crippen LogP contribution in [0.3, 0.4) is 0 Å².